The molecule has 162 valence electrons. The molecule has 0 spiro atoms. The summed E-state index contributed by atoms with van der Waals surface area (Å²) in [7, 11) is 0. The van der Waals surface area contributed by atoms with Gasteiger partial charge in [-0.25, -0.2) is 4.39 Å². The molecule has 2 heterocycles. The maximum Gasteiger partial charge on any atom is 0.234 e. The third-order valence-corrected chi connectivity index (χ3v) is 5.18. The third-order valence-electron chi connectivity index (χ3n) is 5.18. The number of amides is 1. The maximum absolute atomic E-state index is 13.4. The molecule has 1 unspecified atom stereocenters. The normalized spacial score (nSPS) is 16.7. The van der Waals surface area contributed by atoms with E-state index in [-0.39, 0.29) is 17.6 Å². The van der Waals surface area contributed by atoms with E-state index in [9.17, 15) is 9.18 Å². The van der Waals surface area contributed by atoms with Gasteiger partial charge < -0.3 is 14.6 Å². The van der Waals surface area contributed by atoms with Gasteiger partial charge in [-0.2, -0.15) is 4.98 Å². The van der Waals surface area contributed by atoms with Crippen molar-refractivity contribution in [1.82, 2.24) is 20.4 Å². The highest BCUT2D eigenvalue weighted by Crippen LogP contribution is 2.27. The van der Waals surface area contributed by atoms with Crippen LogP contribution in [0.25, 0.3) is 11.4 Å². The van der Waals surface area contributed by atoms with Crippen LogP contribution < -0.4 is 10.1 Å². The van der Waals surface area contributed by atoms with Crippen LogP contribution in [0.3, 0.4) is 0 Å². The predicted molar refractivity (Wildman–Crippen MR) is 113 cm³/mol. The summed E-state index contributed by atoms with van der Waals surface area (Å²) >= 11 is 0. The van der Waals surface area contributed by atoms with Gasteiger partial charge in [0.1, 0.15) is 18.2 Å². The minimum absolute atomic E-state index is 0.0386. The van der Waals surface area contributed by atoms with Crippen molar-refractivity contribution in [1.29, 1.82) is 0 Å². The summed E-state index contributed by atoms with van der Waals surface area (Å²) in [6.07, 6.45) is 1.85. The molecule has 1 fully saturated rings. The lowest BCUT2D eigenvalue weighted by atomic mass is 9.98. The van der Waals surface area contributed by atoms with Crippen molar-refractivity contribution in [2.45, 2.75) is 18.8 Å². The van der Waals surface area contributed by atoms with Crippen molar-refractivity contribution in [3.05, 3.63) is 66.3 Å². The fraction of sp³-hybridized carbons (Fsp3) is 0.348. The van der Waals surface area contributed by atoms with Crippen LogP contribution in [-0.4, -0.2) is 53.7 Å². The van der Waals surface area contributed by atoms with E-state index in [2.05, 4.69) is 20.4 Å². The molecule has 0 saturated carbocycles. The number of nitrogens with one attached hydrogen (secondary N) is 1. The van der Waals surface area contributed by atoms with Crippen molar-refractivity contribution < 1.29 is 18.4 Å². The Kier molecular flexibility index (Phi) is 6.89. The summed E-state index contributed by atoms with van der Waals surface area (Å²) in [6, 6.07) is 15.6. The van der Waals surface area contributed by atoms with Gasteiger partial charge in [-0.3, -0.25) is 9.69 Å². The summed E-state index contributed by atoms with van der Waals surface area (Å²) in [6.45, 7) is 2.69. The molecule has 1 saturated heterocycles. The Morgan fingerprint density at radius 3 is 2.94 bits per heavy atom. The van der Waals surface area contributed by atoms with Crippen LogP contribution in [0.5, 0.6) is 5.75 Å². The topological polar surface area (TPSA) is 80.5 Å². The molecule has 1 amide bonds. The number of carbonyl (C=O) groups excluding carboxylic acids is 1. The Bertz CT molecular complexity index is 995. The highest BCUT2D eigenvalue weighted by Gasteiger charge is 2.27. The van der Waals surface area contributed by atoms with Gasteiger partial charge in [0, 0.05) is 12.1 Å². The van der Waals surface area contributed by atoms with Crippen molar-refractivity contribution in [2.24, 2.45) is 0 Å². The van der Waals surface area contributed by atoms with E-state index >= 15 is 0 Å². The molecule has 1 atom stereocenters. The van der Waals surface area contributed by atoms with Crippen molar-refractivity contribution in [3.8, 4) is 17.1 Å². The number of hydrogen-bond acceptors (Lipinski definition) is 6. The van der Waals surface area contributed by atoms with E-state index < -0.39 is 0 Å². The zero-order chi connectivity index (χ0) is 21.5. The molecule has 1 aromatic heterocycles. The molecular formula is C23H25FN4O3. The quantitative estimate of drug-likeness (QED) is 0.559. The SMILES string of the molecule is O=C(CN1CCCC(c2nc(-c3cccc(F)c3)no2)C1)NCCOc1ccccc1. The number of benzene rings is 2. The van der Waals surface area contributed by atoms with Crippen molar-refractivity contribution in [2.75, 3.05) is 32.8 Å². The highest BCUT2D eigenvalue weighted by molar-refractivity contribution is 5.78. The first-order chi connectivity index (χ1) is 15.2. The molecule has 2 aromatic carbocycles. The molecule has 7 nitrogen and oxygen atoms in total. The Morgan fingerprint density at radius 1 is 1.23 bits per heavy atom. The largest absolute Gasteiger partial charge is 0.492 e. The fourth-order valence-corrected chi connectivity index (χ4v) is 3.68. The van der Waals surface area contributed by atoms with E-state index in [0.29, 0.717) is 43.5 Å². The maximum atomic E-state index is 13.4. The fourth-order valence-electron chi connectivity index (χ4n) is 3.68. The molecule has 1 aliphatic heterocycles. The minimum atomic E-state index is -0.340. The summed E-state index contributed by atoms with van der Waals surface area (Å²) in [5, 5.41) is 6.89. The summed E-state index contributed by atoms with van der Waals surface area (Å²) in [4.78, 5) is 18.8. The second kappa shape index (κ2) is 10.2. The first-order valence-electron chi connectivity index (χ1n) is 10.4. The molecule has 8 heteroatoms. The second-order valence-electron chi connectivity index (χ2n) is 7.55. The van der Waals surface area contributed by atoms with Gasteiger partial charge in [-0.05, 0) is 43.7 Å². The Balaban J connectivity index is 1.24. The first kappa shape index (κ1) is 21.0. The standard InChI is InChI=1S/C23H25FN4O3/c24-19-8-4-6-17(14-19)22-26-23(31-27-22)18-7-5-12-28(15-18)16-21(29)25-11-13-30-20-9-2-1-3-10-20/h1-4,6,8-10,14,18H,5,7,11-13,15-16H2,(H,25,29). The minimum Gasteiger partial charge on any atom is -0.492 e. The van der Waals surface area contributed by atoms with E-state index in [4.69, 9.17) is 9.26 Å². The molecule has 1 aliphatic rings. The lowest BCUT2D eigenvalue weighted by Crippen LogP contribution is -2.42. The van der Waals surface area contributed by atoms with Gasteiger partial charge >= 0.3 is 0 Å². The highest BCUT2D eigenvalue weighted by atomic mass is 19.1. The van der Waals surface area contributed by atoms with Crippen molar-refractivity contribution >= 4 is 5.91 Å². The third kappa shape index (κ3) is 5.88. The number of aromatic nitrogens is 2. The molecule has 3 aromatic rings. The Hall–Kier alpha value is -3.26. The average Bonchev–Trinajstić information content (AvgIpc) is 3.28. The molecule has 0 radical (unpaired) electrons. The van der Waals surface area contributed by atoms with Crippen molar-refractivity contribution in [3.63, 3.8) is 0 Å². The van der Waals surface area contributed by atoms with Gasteiger partial charge in [0.05, 0.1) is 19.0 Å². The monoisotopic (exact) mass is 424 g/mol. The van der Waals surface area contributed by atoms with Crippen LogP contribution >= 0.6 is 0 Å². The number of carbonyl (C=O) groups is 1. The summed E-state index contributed by atoms with van der Waals surface area (Å²) in [5.41, 5.74) is 0.583. The zero-order valence-electron chi connectivity index (χ0n) is 17.2. The lowest BCUT2D eigenvalue weighted by Gasteiger charge is -2.30. The van der Waals surface area contributed by atoms with Crippen LogP contribution in [0.4, 0.5) is 4.39 Å². The Labute approximate surface area is 180 Å². The Morgan fingerprint density at radius 2 is 2.10 bits per heavy atom. The number of hydrogen-bond donors (Lipinski definition) is 1. The number of likely N-dealkylation sites (tertiary alicyclic amines) is 1. The predicted octanol–water partition coefficient (Wildman–Crippen LogP) is 3.25. The average molecular weight is 424 g/mol. The van der Waals surface area contributed by atoms with E-state index in [1.165, 1.54) is 12.1 Å². The summed E-state index contributed by atoms with van der Waals surface area (Å²) < 4.78 is 24.5. The zero-order valence-corrected chi connectivity index (χ0v) is 17.2. The van der Waals surface area contributed by atoms with Crippen LogP contribution in [0.15, 0.2) is 59.1 Å². The molecule has 31 heavy (non-hydrogen) atoms. The van der Waals surface area contributed by atoms with Crippen LogP contribution in [0, 0.1) is 5.82 Å². The lowest BCUT2D eigenvalue weighted by molar-refractivity contribution is -0.122. The van der Waals surface area contributed by atoms with Gasteiger partial charge in [0.2, 0.25) is 17.6 Å². The number of piperidine rings is 1. The van der Waals surface area contributed by atoms with Gasteiger partial charge in [0.15, 0.2) is 0 Å². The van der Waals surface area contributed by atoms with E-state index in [0.717, 1.165) is 25.1 Å². The second-order valence-corrected chi connectivity index (χ2v) is 7.55. The van der Waals surface area contributed by atoms with E-state index in [1.807, 2.05) is 30.3 Å². The van der Waals surface area contributed by atoms with Gasteiger partial charge in [0.25, 0.3) is 0 Å². The molecule has 1 N–H and O–H groups in total. The molecular weight excluding hydrogens is 399 g/mol. The van der Waals surface area contributed by atoms with Gasteiger partial charge in [-0.15, -0.1) is 0 Å². The van der Waals surface area contributed by atoms with E-state index in [1.54, 1.807) is 12.1 Å². The van der Waals surface area contributed by atoms with Crippen LogP contribution in [0.2, 0.25) is 0 Å². The molecule has 4 rings (SSSR count). The number of para-hydroxylation sites is 1. The number of rotatable bonds is 8. The first-order valence-corrected chi connectivity index (χ1v) is 10.4. The summed E-state index contributed by atoms with van der Waals surface area (Å²) in [5.74, 6) is 1.37. The molecule has 0 aliphatic carbocycles. The van der Waals surface area contributed by atoms with Gasteiger partial charge in [-0.1, -0.05) is 35.5 Å². The smallest absolute Gasteiger partial charge is 0.234 e. The molecule has 0 bridgehead atoms. The number of ether oxygens (including phenoxy) is 1. The number of halogens is 1. The van der Waals surface area contributed by atoms with Crippen LogP contribution in [0.1, 0.15) is 24.7 Å². The van der Waals surface area contributed by atoms with Crippen LogP contribution in [-0.2, 0) is 4.79 Å². The number of nitrogens with zero attached hydrogens (tertiary/aromatic N) is 3.